The van der Waals surface area contributed by atoms with E-state index in [1.165, 1.54) is 0 Å². The molecule has 1 rings (SSSR count). The molecule has 0 N–H and O–H groups in total. The van der Waals surface area contributed by atoms with Gasteiger partial charge >= 0.3 is 8.56 Å². The zero-order valence-electron chi connectivity index (χ0n) is 13.2. The third-order valence-electron chi connectivity index (χ3n) is 3.39. The molecular formula is C16H29NO2Si. The summed E-state index contributed by atoms with van der Waals surface area (Å²) in [5.41, 5.74) is 1.16. The van der Waals surface area contributed by atoms with Gasteiger partial charge in [-0.3, -0.25) is 4.98 Å². The van der Waals surface area contributed by atoms with E-state index in [-0.39, 0.29) is 0 Å². The molecule has 0 fully saturated rings. The Kier molecular flexibility index (Phi) is 8.74. The van der Waals surface area contributed by atoms with Crippen molar-refractivity contribution in [2.24, 2.45) is 0 Å². The summed E-state index contributed by atoms with van der Waals surface area (Å²) >= 11 is 0. The lowest BCUT2D eigenvalue weighted by Gasteiger charge is -2.29. The van der Waals surface area contributed by atoms with Gasteiger partial charge in [0.1, 0.15) is 0 Å². The van der Waals surface area contributed by atoms with Gasteiger partial charge in [-0.05, 0) is 49.9 Å². The molecule has 0 spiro atoms. The molecule has 1 heterocycles. The summed E-state index contributed by atoms with van der Waals surface area (Å²) in [7, 11) is -1.99. The van der Waals surface area contributed by atoms with Crippen LogP contribution in [0.25, 0.3) is 0 Å². The zero-order chi connectivity index (χ0) is 14.7. The number of aromatic nitrogens is 1. The number of aryl methyl sites for hydroxylation is 1. The van der Waals surface area contributed by atoms with E-state index in [1.807, 2.05) is 18.3 Å². The lowest BCUT2D eigenvalue weighted by Crippen LogP contribution is -2.42. The van der Waals surface area contributed by atoms with Crippen molar-refractivity contribution in [2.45, 2.75) is 58.5 Å². The lowest BCUT2D eigenvalue weighted by molar-refractivity contribution is 0.167. The van der Waals surface area contributed by atoms with Crippen molar-refractivity contribution < 1.29 is 8.85 Å². The van der Waals surface area contributed by atoms with Crippen LogP contribution in [0, 0.1) is 0 Å². The van der Waals surface area contributed by atoms with E-state index in [4.69, 9.17) is 8.85 Å². The Morgan fingerprint density at radius 1 is 1.05 bits per heavy atom. The minimum Gasteiger partial charge on any atom is -0.394 e. The third kappa shape index (κ3) is 6.16. The van der Waals surface area contributed by atoms with Gasteiger partial charge < -0.3 is 8.85 Å². The lowest BCUT2D eigenvalue weighted by atomic mass is 10.2. The third-order valence-corrected chi connectivity index (χ3v) is 7.05. The Hall–Kier alpha value is -0.713. The molecule has 1 aromatic heterocycles. The highest BCUT2D eigenvalue weighted by Crippen LogP contribution is 2.22. The van der Waals surface area contributed by atoms with Crippen LogP contribution >= 0.6 is 0 Å². The molecule has 0 aromatic carbocycles. The van der Waals surface area contributed by atoms with E-state index < -0.39 is 8.56 Å². The maximum Gasteiger partial charge on any atom is 0.337 e. The van der Waals surface area contributed by atoms with Gasteiger partial charge in [-0.1, -0.05) is 26.8 Å². The van der Waals surface area contributed by atoms with Crippen LogP contribution in [0.1, 0.15) is 45.7 Å². The van der Waals surface area contributed by atoms with Crippen LogP contribution in [0.2, 0.25) is 12.1 Å². The van der Waals surface area contributed by atoms with Crippen molar-refractivity contribution in [1.29, 1.82) is 0 Å². The Morgan fingerprint density at radius 2 is 1.75 bits per heavy atom. The molecule has 0 saturated carbocycles. The predicted molar refractivity (Wildman–Crippen MR) is 86.1 cm³/mol. The van der Waals surface area contributed by atoms with E-state index in [0.29, 0.717) is 0 Å². The molecule has 0 saturated heterocycles. The summed E-state index contributed by atoms with van der Waals surface area (Å²) in [6.07, 6.45) is 6.10. The van der Waals surface area contributed by atoms with Gasteiger partial charge in [0.25, 0.3) is 0 Å². The fourth-order valence-electron chi connectivity index (χ4n) is 2.23. The Morgan fingerprint density at radius 3 is 2.25 bits per heavy atom. The van der Waals surface area contributed by atoms with E-state index in [9.17, 15) is 0 Å². The normalized spacial score (nSPS) is 11.8. The first-order valence-electron chi connectivity index (χ1n) is 7.94. The highest BCUT2D eigenvalue weighted by Gasteiger charge is 2.34. The molecule has 0 radical (unpaired) electrons. The average molecular weight is 295 g/mol. The Labute approximate surface area is 125 Å². The summed E-state index contributed by atoms with van der Waals surface area (Å²) in [6, 6.07) is 8.21. The first-order chi connectivity index (χ1) is 9.76. The quantitative estimate of drug-likeness (QED) is 0.569. The maximum absolute atomic E-state index is 6.16. The molecule has 0 atom stereocenters. The van der Waals surface area contributed by atoms with Crippen molar-refractivity contribution in [3.8, 4) is 0 Å². The van der Waals surface area contributed by atoms with Crippen LogP contribution in [0.5, 0.6) is 0 Å². The van der Waals surface area contributed by atoms with Crippen LogP contribution in [0.3, 0.4) is 0 Å². The van der Waals surface area contributed by atoms with Crippen LogP contribution in [-0.2, 0) is 15.3 Å². The molecule has 3 nitrogen and oxygen atoms in total. The van der Waals surface area contributed by atoms with Crippen molar-refractivity contribution in [2.75, 3.05) is 13.2 Å². The van der Waals surface area contributed by atoms with Crippen LogP contribution in [-0.4, -0.2) is 26.8 Å². The van der Waals surface area contributed by atoms with Gasteiger partial charge in [0.05, 0.1) is 0 Å². The van der Waals surface area contributed by atoms with E-state index in [2.05, 4.69) is 31.8 Å². The second-order valence-corrected chi connectivity index (χ2v) is 8.74. The monoisotopic (exact) mass is 295 g/mol. The predicted octanol–water partition coefficient (Wildman–Crippen LogP) is 4.33. The SMILES string of the molecule is CCCO[Si](CC)(CCCc1ccccn1)OCCC. The van der Waals surface area contributed by atoms with Crippen LogP contribution in [0.15, 0.2) is 24.4 Å². The number of pyridine rings is 1. The molecule has 0 aliphatic carbocycles. The van der Waals surface area contributed by atoms with Crippen LogP contribution in [0.4, 0.5) is 0 Å². The molecule has 114 valence electrons. The Balaban J connectivity index is 2.49. The summed E-state index contributed by atoms with van der Waals surface area (Å²) in [4.78, 5) is 4.38. The van der Waals surface area contributed by atoms with Gasteiger partial charge in [-0.2, -0.15) is 0 Å². The van der Waals surface area contributed by atoms with Crippen LogP contribution < -0.4 is 0 Å². The molecule has 0 aliphatic rings. The van der Waals surface area contributed by atoms with E-state index in [1.54, 1.807) is 0 Å². The molecule has 1 aromatic rings. The minimum absolute atomic E-state index is 0.827. The van der Waals surface area contributed by atoms with Gasteiger partial charge in [0.15, 0.2) is 0 Å². The molecule has 20 heavy (non-hydrogen) atoms. The van der Waals surface area contributed by atoms with Crippen molar-refractivity contribution in [3.63, 3.8) is 0 Å². The second-order valence-electron chi connectivity index (χ2n) is 5.14. The number of hydrogen-bond donors (Lipinski definition) is 0. The summed E-state index contributed by atoms with van der Waals surface area (Å²) in [6.45, 7) is 8.17. The van der Waals surface area contributed by atoms with Gasteiger partial charge in [0, 0.05) is 25.1 Å². The second kappa shape index (κ2) is 10.1. The molecule has 0 bridgehead atoms. The molecular weight excluding hydrogens is 266 g/mol. The number of hydrogen-bond acceptors (Lipinski definition) is 3. The molecule has 0 amide bonds. The first-order valence-corrected chi connectivity index (χ1v) is 10.2. The molecule has 0 aliphatic heterocycles. The summed E-state index contributed by atoms with van der Waals surface area (Å²) in [5.74, 6) is 0. The Bertz CT molecular complexity index is 338. The minimum atomic E-state index is -1.99. The van der Waals surface area contributed by atoms with Crippen molar-refractivity contribution in [1.82, 2.24) is 4.98 Å². The van der Waals surface area contributed by atoms with Gasteiger partial charge in [0.2, 0.25) is 0 Å². The van der Waals surface area contributed by atoms with Gasteiger partial charge in [-0.25, -0.2) is 0 Å². The average Bonchev–Trinajstić information content (AvgIpc) is 2.51. The number of nitrogens with zero attached hydrogens (tertiary/aromatic N) is 1. The topological polar surface area (TPSA) is 31.4 Å². The summed E-state index contributed by atoms with van der Waals surface area (Å²) in [5, 5.41) is 0. The first kappa shape index (κ1) is 17.3. The highest BCUT2D eigenvalue weighted by molar-refractivity contribution is 6.67. The molecule has 0 unspecified atom stereocenters. The van der Waals surface area contributed by atoms with E-state index >= 15 is 0 Å². The van der Waals surface area contributed by atoms with Gasteiger partial charge in [-0.15, -0.1) is 0 Å². The van der Waals surface area contributed by atoms with E-state index in [0.717, 1.165) is 56.7 Å². The molecule has 4 heteroatoms. The zero-order valence-corrected chi connectivity index (χ0v) is 14.2. The van der Waals surface area contributed by atoms with Crippen molar-refractivity contribution >= 4 is 8.56 Å². The van der Waals surface area contributed by atoms with Crippen molar-refractivity contribution in [3.05, 3.63) is 30.1 Å². The summed E-state index contributed by atoms with van der Waals surface area (Å²) < 4.78 is 12.3. The fraction of sp³-hybridized carbons (Fsp3) is 0.688. The largest absolute Gasteiger partial charge is 0.394 e. The standard InChI is InChI=1S/C16H29NO2Si/c1-4-13-18-20(6-3,19-14-5-2)15-9-11-16-10-7-8-12-17-16/h7-8,10,12H,4-6,9,11,13-15H2,1-3H3. The number of rotatable bonds is 11. The smallest absolute Gasteiger partial charge is 0.337 e. The fourth-order valence-corrected chi connectivity index (χ4v) is 5.23. The highest BCUT2D eigenvalue weighted by atomic mass is 28.4. The maximum atomic E-state index is 6.16.